The second kappa shape index (κ2) is 16.3. The zero-order chi connectivity index (χ0) is 38.0. The molecule has 2 heterocycles. The molecule has 10 nitrogen and oxygen atoms in total. The number of aliphatic hydroxyl groups excluding tert-OH is 4. The standard InChI is InChI=1S/C41H60N2O8/c1-24(2)30-21-32(45)31(38-37(49)36(48)35(47)33(23-44)51-38)20-28(30)19-27-11-10-26(18-25(27)3)12-15-40(4,5)34(46)22-41(6,7)39(50)43-16-13-29(14-17-43)42(8)9/h10-12,15,18,20-21,24,29,33,35-38,44-45,47-49H,13-14,16-17,19,22-23H2,1-9H3/b15-12+/t33-,35-,36+,37-,38+/m1/s1. The highest BCUT2D eigenvalue weighted by atomic mass is 16.5. The van der Waals surface area contributed by atoms with Crippen LogP contribution in [0.2, 0.25) is 0 Å². The Labute approximate surface area is 303 Å². The molecule has 10 heteroatoms. The third-order valence-electron chi connectivity index (χ3n) is 10.9. The Balaban J connectivity index is 1.48. The third-order valence-corrected chi connectivity index (χ3v) is 10.9. The molecule has 2 saturated heterocycles. The molecule has 0 bridgehead atoms. The van der Waals surface area contributed by atoms with Crippen LogP contribution in [0.5, 0.6) is 5.75 Å². The number of hydrogen-bond donors (Lipinski definition) is 5. The Hall–Kier alpha value is -3.12. The van der Waals surface area contributed by atoms with Crippen LogP contribution in [0, 0.1) is 17.8 Å². The first-order valence-electron chi connectivity index (χ1n) is 18.2. The minimum Gasteiger partial charge on any atom is -0.508 e. The number of aliphatic hydroxyl groups is 4. The van der Waals surface area contributed by atoms with Crippen LogP contribution < -0.4 is 0 Å². The van der Waals surface area contributed by atoms with Crippen molar-refractivity contribution in [2.75, 3.05) is 33.8 Å². The minimum atomic E-state index is -1.55. The number of phenolic OH excluding ortho intramolecular Hbond substituents is 1. The highest BCUT2D eigenvalue weighted by Gasteiger charge is 2.45. The second-order valence-corrected chi connectivity index (χ2v) is 16.4. The van der Waals surface area contributed by atoms with Crippen LogP contribution in [0.25, 0.3) is 6.08 Å². The molecule has 0 unspecified atom stereocenters. The van der Waals surface area contributed by atoms with E-state index in [9.17, 15) is 35.1 Å². The monoisotopic (exact) mass is 708 g/mol. The molecular formula is C41H60N2O8. The first-order valence-corrected chi connectivity index (χ1v) is 18.2. The van der Waals surface area contributed by atoms with E-state index >= 15 is 0 Å². The number of ketones is 1. The predicted octanol–water partition coefficient (Wildman–Crippen LogP) is 4.51. The van der Waals surface area contributed by atoms with Crippen LogP contribution >= 0.6 is 0 Å². The quantitative estimate of drug-likeness (QED) is 0.215. The summed E-state index contributed by atoms with van der Waals surface area (Å²) in [4.78, 5) is 31.2. The zero-order valence-electron chi connectivity index (χ0n) is 31.9. The number of allylic oxidation sites excluding steroid dienone is 1. The molecule has 0 radical (unpaired) electrons. The fourth-order valence-electron chi connectivity index (χ4n) is 7.29. The van der Waals surface area contributed by atoms with Crippen molar-refractivity contribution in [2.24, 2.45) is 10.8 Å². The lowest BCUT2D eigenvalue weighted by Crippen LogP contribution is -2.55. The van der Waals surface area contributed by atoms with Gasteiger partial charge in [0.2, 0.25) is 5.91 Å². The van der Waals surface area contributed by atoms with Crippen LogP contribution in [-0.4, -0.2) is 111 Å². The number of aromatic hydroxyl groups is 1. The van der Waals surface area contributed by atoms with Gasteiger partial charge in [-0.15, -0.1) is 0 Å². The van der Waals surface area contributed by atoms with E-state index in [0.717, 1.165) is 40.7 Å². The predicted molar refractivity (Wildman–Crippen MR) is 198 cm³/mol. The van der Waals surface area contributed by atoms with Gasteiger partial charge in [0.25, 0.3) is 0 Å². The number of carbonyl (C=O) groups excluding carboxylic acids is 2. The number of aryl methyl sites for hydroxylation is 1. The first kappa shape index (κ1) is 40.6. The fraction of sp³-hybridized carbons (Fsp3) is 0.610. The average Bonchev–Trinajstić information content (AvgIpc) is 3.07. The van der Waals surface area contributed by atoms with Crippen molar-refractivity contribution in [1.29, 1.82) is 0 Å². The largest absolute Gasteiger partial charge is 0.508 e. The Morgan fingerprint density at radius 2 is 1.63 bits per heavy atom. The van der Waals surface area contributed by atoms with Crippen LogP contribution in [-0.2, 0) is 20.7 Å². The van der Waals surface area contributed by atoms with Gasteiger partial charge in [0.05, 0.1) is 12.0 Å². The van der Waals surface area contributed by atoms with Gasteiger partial charge in [-0.25, -0.2) is 0 Å². The van der Waals surface area contributed by atoms with E-state index in [1.807, 2.05) is 77.7 Å². The number of phenols is 1. The van der Waals surface area contributed by atoms with Gasteiger partial charge in [-0.1, -0.05) is 58.0 Å². The average molecular weight is 709 g/mol. The number of carbonyl (C=O) groups is 2. The number of Topliss-reactive ketones (excluding diaryl/α,β-unsaturated/α-hetero) is 1. The van der Waals surface area contributed by atoms with Gasteiger partial charge < -0.3 is 40.1 Å². The van der Waals surface area contributed by atoms with Gasteiger partial charge in [0, 0.05) is 36.5 Å². The molecule has 2 fully saturated rings. The highest BCUT2D eigenvalue weighted by Crippen LogP contribution is 2.40. The molecule has 2 aliphatic rings. The molecule has 0 saturated carbocycles. The fourth-order valence-corrected chi connectivity index (χ4v) is 7.29. The summed E-state index contributed by atoms with van der Waals surface area (Å²) in [5.41, 5.74) is 3.55. The summed E-state index contributed by atoms with van der Waals surface area (Å²) in [5, 5.41) is 52.1. The Bertz CT molecular complexity index is 1570. The Kier molecular flexibility index (Phi) is 13.0. The van der Waals surface area contributed by atoms with Gasteiger partial charge in [-0.3, -0.25) is 9.59 Å². The molecule has 1 amide bonds. The van der Waals surface area contributed by atoms with Gasteiger partial charge in [-0.2, -0.15) is 0 Å². The maximum atomic E-state index is 13.6. The van der Waals surface area contributed by atoms with E-state index in [2.05, 4.69) is 25.1 Å². The molecule has 2 aromatic rings. The normalized spacial score (nSPS) is 23.8. The molecule has 5 N–H and O–H groups in total. The van der Waals surface area contributed by atoms with Crippen molar-refractivity contribution in [3.8, 4) is 5.75 Å². The summed E-state index contributed by atoms with van der Waals surface area (Å²) in [7, 11) is 4.15. The molecule has 2 aromatic carbocycles. The minimum absolute atomic E-state index is 0.0115. The third kappa shape index (κ3) is 9.28. The summed E-state index contributed by atoms with van der Waals surface area (Å²) in [5.74, 6) is 0.0251. The van der Waals surface area contributed by atoms with Crippen molar-refractivity contribution in [3.05, 3.63) is 69.8 Å². The first-order chi connectivity index (χ1) is 23.8. The number of amides is 1. The van der Waals surface area contributed by atoms with Crippen LogP contribution in [0.1, 0.15) is 106 Å². The Morgan fingerprint density at radius 1 is 0.980 bits per heavy atom. The molecule has 282 valence electrons. The topological polar surface area (TPSA) is 151 Å². The second-order valence-electron chi connectivity index (χ2n) is 16.4. The Morgan fingerprint density at radius 3 is 2.20 bits per heavy atom. The number of nitrogens with zero attached hydrogens (tertiary/aromatic N) is 2. The SMILES string of the molecule is Cc1cc(/C=C/C(C)(C)C(=O)CC(C)(C)C(=O)N2CCC(N(C)C)CC2)ccc1Cc1cc([C@@H]2O[C@H](CO)[C@@H](O)[C@H](O)[C@H]2O)c(O)cc1C(C)C. The number of ether oxygens (including phenoxy) is 1. The molecule has 4 rings (SSSR count). The zero-order valence-corrected chi connectivity index (χ0v) is 31.9. The molecule has 0 aliphatic carbocycles. The summed E-state index contributed by atoms with van der Waals surface area (Å²) in [6.07, 6.45) is -0.373. The molecular weight excluding hydrogens is 648 g/mol. The maximum Gasteiger partial charge on any atom is 0.228 e. The molecule has 0 aromatic heterocycles. The molecule has 5 atom stereocenters. The summed E-state index contributed by atoms with van der Waals surface area (Å²) in [6.45, 7) is 14.5. The van der Waals surface area contributed by atoms with Crippen LogP contribution in [0.3, 0.4) is 0 Å². The van der Waals surface area contributed by atoms with E-state index < -0.39 is 48.0 Å². The highest BCUT2D eigenvalue weighted by molar-refractivity contribution is 5.93. The van der Waals surface area contributed by atoms with Crippen molar-refractivity contribution in [3.63, 3.8) is 0 Å². The maximum absolute atomic E-state index is 13.6. The van der Waals surface area contributed by atoms with E-state index in [1.54, 1.807) is 12.1 Å². The van der Waals surface area contributed by atoms with Gasteiger partial charge in [-0.05, 0) is 100.0 Å². The molecule has 0 spiro atoms. The van der Waals surface area contributed by atoms with Crippen molar-refractivity contribution < 1.29 is 39.9 Å². The number of piperidine rings is 1. The number of benzene rings is 2. The van der Waals surface area contributed by atoms with E-state index in [-0.39, 0.29) is 35.3 Å². The molecule has 51 heavy (non-hydrogen) atoms. The number of hydrogen-bond acceptors (Lipinski definition) is 9. The van der Waals surface area contributed by atoms with Crippen molar-refractivity contribution >= 4 is 17.8 Å². The van der Waals surface area contributed by atoms with Gasteiger partial charge in [0.1, 0.15) is 42.1 Å². The number of rotatable bonds is 12. The van der Waals surface area contributed by atoms with E-state index in [1.165, 1.54) is 0 Å². The summed E-state index contributed by atoms with van der Waals surface area (Å²) < 4.78 is 5.77. The lowest BCUT2D eigenvalue weighted by atomic mass is 9.76. The lowest BCUT2D eigenvalue weighted by molar-refractivity contribution is -0.232. The molecule has 2 aliphatic heterocycles. The lowest BCUT2D eigenvalue weighted by Gasteiger charge is -2.40. The number of likely N-dealkylation sites (tertiary alicyclic amines) is 1. The van der Waals surface area contributed by atoms with E-state index in [0.29, 0.717) is 25.6 Å². The summed E-state index contributed by atoms with van der Waals surface area (Å²) >= 11 is 0. The van der Waals surface area contributed by atoms with Crippen molar-refractivity contribution in [1.82, 2.24) is 9.80 Å². The van der Waals surface area contributed by atoms with Crippen LogP contribution in [0.4, 0.5) is 0 Å². The van der Waals surface area contributed by atoms with Crippen molar-refractivity contribution in [2.45, 2.75) is 117 Å². The van der Waals surface area contributed by atoms with Crippen LogP contribution in [0.15, 0.2) is 36.4 Å². The van der Waals surface area contributed by atoms with Gasteiger partial charge >= 0.3 is 0 Å². The summed E-state index contributed by atoms with van der Waals surface area (Å²) in [6, 6.07) is 10.0. The van der Waals surface area contributed by atoms with E-state index in [4.69, 9.17) is 4.74 Å². The smallest absolute Gasteiger partial charge is 0.228 e. The van der Waals surface area contributed by atoms with Gasteiger partial charge in [0.15, 0.2) is 0 Å².